The number of carbonyl (C=O) groups is 1. The van der Waals surface area contributed by atoms with Crippen LogP contribution in [0.2, 0.25) is 0 Å². The Morgan fingerprint density at radius 3 is 2.37 bits per heavy atom. The van der Waals surface area contributed by atoms with Crippen LogP contribution in [-0.4, -0.2) is 60.0 Å². The van der Waals surface area contributed by atoms with Crippen LogP contribution in [0.1, 0.15) is 54.9 Å². The van der Waals surface area contributed by atoms with Gasteiger partial charge in [0.25, 0.3) is 0 Å². The molecule has 1 aliphatic rings. The second-order valence-corrected chi connectivity index (χ2v) is 8.71. The first kappa shape index (κ1) is 21.7. The summed E-state index contributed by atoms with van der Waals surface area (Å²) in [6.45, 7) is 14.6. The summed E-state index contributed by atoms with van der Waals surface area (Å²) in [5.74, 6) is 0.315. The first-order valence-corrected chi connectivity index (χ1v) is 9.32. The molecule has 1 saturated heterocycles. The average Bonchev–Trinajstić information content (AvgIpc) is 3.01. The van der Waals surface area contributed by atoms with Crippen molar-refractivity contribution in [3.05, 3.63) is 6.20 Å². The molecule has 0 amide bonds. The van der Waals surface area contributed by atoms with E-state index in [1.807, 2.05) is 34.7 Å². The highest BCUT2D eigenvalue weighted by Gasteiger charge is 2.53. The Labute approximate surface area is 162 Å². The number of ether oxygens (including phenoxy) is 2. The van der Waals surface area contributed by atoms with Crippen LogP contribution in [0.25, 0.3) is 0 Å². The van der Waals surface area contributed by atoms with Gasteiger partial charge in [0.2, 0.25) is 5.88 Å². The molecule has 1 N–H and O–H groups in total. The van der Waals surface area contributed by atoms with Crippen LogP contribution in [0.5, 0.6) is 5.88 Å². The van der Waals surface area contributed by atoms with Gasteiger partial charge in [-0.25, -0.2) is 4.79 Å². The van der Waals surface area contributed by atoms with Gasteiger partial charge < -0.3 is 24.1 Å². The number of hydrogen-bond acceptors (Lipinski definition) is 7. The van der Waals surface area contributed by atoms with Crippen molar-refractivity contribution >= 4 is 18.7 Å². The lowest BCUT2D eigenvalue weighted by atomic mass is 9.81. The van der Waals surface area contributed by atoms with Crippen LogP contribution in [-0.2, 0) is 14.0 Å². The molecule has 2 heterocycles. The number of hydrogen-bond donors (Lipinski definition) is 1. The fourth-order valence-corrected chi connectivity index (χ4v) is 2.44. The maximum Gasteiger partial charge on any atom is 0.502 e. The van der Waals surface area contributed by atoms with E-state index in [1.165, 1.54) is 0 Å². The van der Waals surface area contributed by atoms with Crippen molar-refractivity contribution in [2.24, 2.45) is 0 Å². The van der Waals surface area contributed by atoms with Gasteiger partial charge in [-0.1, -0.05) is 0 Å². The van der Waals surface area contributed by atoms with E-state index in [4.69, 9.17) is 18.8 Å². The highest BCUT2D eigenvalue weighted by Crippen LogP contribution is 2.37. The molecule has 27 heavy (non-hydrogen) atoms. The highest BCUT2D eigenvalue weighted by molar-refractivity contribution is 6.63. The molecule has 2 rings (SSSR count). The zero-order chi connectivity index (χ0) is 20.5. The molecule has 0 atom stereocenters. The zero-order valence-electron chi connectivity index (χ0n) is 17.7. The van der Waals surface area contributed by atoms with Crippen molar-refractivity contribution in [3.63, 3.8) is 0 Å². The molecular formula is C18H32BN3O5. The number of rotatable bonds is 6. The number of aromatic nitrogens is 2. The summed E-state index contributed by atoms with van der Waals surface area (Å²) in [7, 11) is 1.21. The van der Waals surface area contributed by atoms with Crippen LogP contribution >= 0.6 is 0 Å². The van der Waals surface area contributed by atoms with E-state index in [-0.39, 0.29) is 0 Å². The minimum Gasteiger partial charge on any atom is -0.477 e. The summed E-state index contributed by atoms with van der Waals surface area (Å²) >= 11 is 0. The van der Waals surface area contributed by atoms with Crippen molar-refractivity contribution < 1.29 is 23.6 Å². The van der Waals surface area contributed by atoms with Crippen molar-refractivity contribution in [1.82, 2.24) is 15.1 Å². The predicted molar refractivity (Wildman–Crippen MR) is 104 cm³/mol. The summed E-state index contributed by atoms with van der Waals surface area (Å²) in [5.41, 5.74) is -1.06. The molecule has 8 nitrogen and oxygen atoms in total. The largest absolute Gasteiger partial charge is 0.502 e. The molecule has 0 unspecified atom stereocenters. The molecule has 1 fully saturated rings. The number of nitrogens with one attached hydrogen (secondary N) is 1. The van der Waals surface area contributed by atoms with E-state index >= 15 is 0 Å². The second-order valence-electron chi connectivity index (χ2n) is 8.71. The van der Waals surface area contributed by atoms with Gasteiger partial charge in [0.05, 0.1) is 23.3 Å². The van der Waals surface area contributed by atoms with Gasteiger partial charge in [-0.05, 0) is 68.5 Å². The molecule has 0 spiro atoms. The molecule has 0 aromatic carbocycles. The van der Waals surface area contributed by atoms with Crippen molar-refractivity contribution in [2.75, 3.05) is 20.2 Å². The van der Waals surface area contributed by atoms with Gasteiger partial charge in [0.1, 0.15) is 5.60 Å². The fraction of sp³-hybridized carbons (Fsp3) is 0.778. The standard InChI is InChI=1S/C18H32BN3O5/c1-16(2,3)25-15(23)22-12-13(14(21-22)24-11-9-10-20-8)19-26-17(4,5)18(6,7)27-19/h12,20H,9-11H2,1-8H3. The molecule has 1 aliphatic heterocycles. The number of nitrogens with zero attached hydrogens (tertiary/aromatic N) is 2. The van der Waals surface area contributed by atoms with Crippen LogP contribution in [0.4, 0.5) is 4.79 Å². The topological polar surface area (TPSA) is 83.8 Å². The van der Waals surface area contributed by atoms with E-state index in [2.05, 4.69) is 10.4 Å². The minimum absolute atomic E-state index is 0.315. The molecule has 152 valence electrons. The molecule has 1 aromatic rings. The first-order chi connectivity index (χ1) is 12.4. The Bertz CT molecular complexity index is 650. The first-order valence-electron chi connectivity index (χ1n) is 9.32. The Hall–Kier alpha value is -1.58. The van der Waals surface area contributed by atoms with Crippen LogP contribution < -0.4 is 15.5 Å². The van der Waals surface area contributed by atoms with E-state index in [1.54, 1.807) is 27.0 Å². The molecule has 0 radical (unpaired) electrons. The average molecular weight is 381 g/mol. The Morgan fingerprint density at radius 2 is 1.85 bits per heavy atom. The Morgan fingerprint density at radius 1 is 1.26 bits per heavy atom. The van der Waals surface area contributed by atoms with E-state index < -0.39 is 30.0 Å². The molecule has 1 aromatic heterocycles. The zero-order valence-corrected chi connectivity index (χ0v) is 17.7. The maximum absolute atomic E-state index is 12.4. The minimum atomic E-state index is -0.675. The van der Waals surface area contributed by atoms with Gasteiger partial charge in [0.15, 0.2) is 0 Å². The molecule has 9 heteroatoms. The van der Waals surface area contributed by atoms with Gasteiger partial charge in [-0.15, -0.1) is 5.10 Å². The summed E-state index contributed by atoms with van der Waals surface area (Å²) in [6.07, 6.45) is 1.78. The van der Waals surface area contributed by atoms with Crippen molar-refractivity contribution in [3.8, 4) is 5.88 Å². The van der Waals surface area contributed by atoms with E-state index in [9.17, 15) is 4.79 Å². The summed E-state index contributed by atoms with van der Waals surface area (Å²) in [6, 6.07) is 0. The fourth-order valence-electron chi connectivity index (χ4n) is 2.44. The normalized spacial score (nSPS) is 18.6. The van der Waals surface area contributed by atoms with Crippen LogP contribution in [0.15, 0.2) is 6.20 Å². The SMILES string of the molecule is CNCCCOc1nn(C(=O)OC(C)(C)C)cc1B1OC(C)(C)C(C)(C)O1. The lowest BCUT2D eigenvalue weighted by Gasteiger charge is -2.32. The van der Waals surface area contributed by atoms with Gasteiger partial charge in [-0.3, -0.25) is 0 Å². The lowest BCUT2D eigenvalue weighted by molar-refractivity contribution is 0.00578. The molecular weight excluding hydrogens is 349 g/mol. The maximum atomic E-state index is 12.4. The lowest BCUT2D eigenvalue weighted by Crippen LogP contribution is -2.41. The highest BCUT2D eigenvalue weighted by atomic mass is 16.7. The summed E-state index contributed by atoms with van der Waals surface area (Å²) < 4.78 is 24.5. The van der Waals surface area contributed by atoms with Crippen molar-refractivity contribution in [1.29, 1.82) is 0 Å². The predicted octanol–water partition coefficient (Wildman–Crippen LogP) is 1.95. The van der Waals surface area contributed by atoms with Crippen molar-refractivity contribution in [2.45, 2.75) is 71.7 Å². The van der Waals surface area contributed by atoms with Crippen LogP contribution in [0.3, 0.4) is 0 Å². The summed E-state index contributed by atoms with van der Waals surface area (Å²) in [4.78, 5) is 12.4. The second kappa shape index (κ2) is 7.81. The van der Waals surface area contributed by atoms with Crippen LogP contribution in [0, 0.1) is 0 Å². The monoisotopic (exact) mass is 381 g/mol. The quantitative estimate of drug-likeness (QED) is 0.596. The smallest absolute Gasteiger partial charge is 0.477 e. The Balaban J connectivity index is 2.26. The molecule has 0 aliphatic carbocycles. The van der Waals surface area contributed by atoms with Gasteiger partial charge in [-0.2, -0.15) is 4.68 Å². The molecule has 0 saturated carbocycles. The van der Waals surface area contributed by atoms with Gasteiger partial charge >= 0.3 is 13.2 Å². The molecule has 0 bridgehead atoms. The van der Waals surface area contributed by atoms with Gasteiger partial charge in [0, 0.05) is 6.20 Å². The Kier molecular flexibility index (Phi) is 6.28. The number of carbonyl (C=O) groups excluding carboxylic acids is 1. The summed E-state index contributed by atoms with van der Waals surface area (Å²) in [5, 5.41) is 7.34. The van der Waals surface area contributed by atoms with E-state index in [0.29, 0.717) is 17.9 Å². The third kappa shape index (κ3) is 5.24. The third-order valence-corrected chi connectivity index (χ3v) is 4.60. The third-order valence-electron chi connectivity index (χ3n) is 4.60. The van der Waals surface area contributed by atoms with E-state index in [0.717, 1.165) is 17.6 Å².